The lowest BCUT2D eigenvalue weighted by Gasteiger charge is -1.98. The molecular weight excluding hydrogens is 202 g/mol. The molecule has 0 unspecified atom stereocenters. The average molecular weight is 213 g/mol. The lowest BCUT2D eigenvalue weighted by molar-refractivity contribution is 0.451. The summed E-state index contributed by atoms with van der Waals surface area (Å²) in [5, 5.41) is 18.6. The van der Waals surface area contributed by atoms with Crippen molar-refractivity contribution >= 4 is 11.9 Å². The third kappa shape index (κ3) is 2.39. The molecule has 0 amide bonds. The summed E-state index contributed by atoms with van der Waals surface area (Å²) in [6, 6.07) is 13.9. The van der Waals surface area contributed by atoms with Crippen molar-refractivity contribution in [3.05, 3.63) is 54.1 Å². The van der Waals surface area contributed by atoms with Crippen LogP contribution in [0, 0.1) is 0 Å². The van der Waals surface area contributed by atoms with E-state index in [0.717, 1.165) is 5.56 Å². The third-order valence-electron chi connectivity index (χ3n) is 2.11. The van der Waals surface area contributed by atoms with Gasteiger partial charge in [0.05, 0.1) is 0 Å². The molecular formula is C13H11NO2. The first-order chi connectivity index (χ1) is 7.75. The zero-order valence-electron chi connectivity index (χ0n) is 8.54. The first-order valence-corrected chi connectivity index (χ1v) is 4.87. The highest BCUT2D eigenvalue weighted by Crippen LogP contribution is 2.29. The molecule has 0 saturated carbocycles. The van der Waals surface area contributed by atoms with Crippen LogP contribution in [0.1, 0.15) is 5.56 Å². The number of phenolic OH excluding ortho intramolecular Hbond substituents is 2. The molecule has 0 aliphatic heterocycles. The van der Waals surface area contributed by atoms with E-state index in [-0.39, 0.29) is 11.5 Å². The van der Waals surface area contributed by atoms with Crippen LogP contribution in [-0.4, -0.2) is 16.4 Å². The molecule has 2 N–H and O–H groups in total. The van der Waals surface area contributed by atoms with Gasteiger partial charge in [-0.2, -0.15) is 0 Å². The van der Waals surface area contributed by atoms with Gasteiger partial charge in [-0.25, -0.2) is 0 Å². The number of rotatable bonds is 2. The van der Waals surface area contributed by atoms with Crippen LogP contribution in [0.15, 0.2) is 53.5 Å². The Kier molecular flexibility index (Phi) is 2.87. The van der Waals surface area contributed by atoms with E-state index in [1.165, 1.54) is 12.1 Å². The lowest BCUT2D eigenvalue weighted by Crippen LogP contribution is -1.78. The minimum atomic E-state index is -0.0350. The van der Waals surface area contributed by atoms with Gasteiger partial charge in [0.1, 0.15) is 17.2 Å². The zero-order chi connectivity index (χ0) is 11.4. The standard InChI is InChI=1S/C13H11NO2/c15-11-6-7-12(13(16)8-11)14-9-10-4-2-1-3-5-10/h1-9,15-16H. The van der Waals surface area contributed by atoms with Gasteiger partial charge in [0.25, 0.3) is 0 Å². The van der Waals surface area contributed by atoms with E-state index in [0.29, 0.717) is 5.69 Å². The Balaban J connectivity index is 2.24. The maximum absolute atomic E-state index is 9.50. The second-order valence-corrected chi connectivity index (χ2v) is 3.34. The van der Waals surface area contributed by atoms with Crippen LogP contribution < -0.4 is 0 Å². The smallest absolute Gasteiger partial charge is 0.144 e. The van der Waals surface area contributed by atoms with E-state index < -0.39 is 0 Å². The Morgan fingerprint density at radius 1 is 0.938 bits per heavy atom. The molecule has 0 spiro atoms. The van der Waals surface area contributed by atoms with E-state index in [4.69, 9.17) is 5.11 Å². The second kappa shape index (κ2) is 4.49. The number of hydrogen-bond acceptors (Lipinski definition) is 3. The summed E-state index contributed by atoms with van der Waals surface area (Å²) in [6.07, 6.45) is 1.66. The molecule has 2 aromatic carbocycles. The van der Waals surface area contributed by atoms with Gasteiger partial charge >= 0.3 is 0 Å². The number of aliphatic imine (C=N–C) groups is 1. The SMILES string of the molecule is Oc1ccc(N=Cc2ccccc2)c(O)c1. The summed E-state index contributed by atoms with van der Waals surface area (Å²) in [5.41, 5.74) is 1.39. The number of nitrogens with zero attached hydrogens (tertiary/aromatic N) is 1. The fraction of sp³-hybridized carbons (Fsp3) is 0. The zero-order valence-corrected chi connectivity index (χ0v) is 8.54. The second-order valence-electron chi connectivity index (χ2n) is 3.34. The maximum atomic E-state index is 9.50. The van der Waals surface area contributed by atoms with E-state index in [1.807, 2.05) is 30.3 Å². The third-order valence-corrected chi connectivity index (χ3v) is 2.11. The predicted octanol–water partition coefficient (Wildman–Crippen LogP) is 2.85. The normalized spacial score (nSPS) is 10.8. The number of benzene rings is 2. The van der Waals surface area contributed by atoms with Gasteiger partial charge in [-0.05, 0) is 17.7 Å². The molecule has 0 aliphatic rings. The van der Waals surface area contributed by atoms with Gasteiger partial charge in [-0.15, -0.1) is 0 Å². The Morgan fingerprint density at radius 3 is 2.38 bits per heavy atom. The van der Waals surface area contributed by atoms with E-state index in [2.05, 4.69) is 4.99 Å². The molecule has 80 valence electrons. The van der Waals surface area contributed by atoms with Gasteiger partial charge in [-0.1, -0.05) is 30.3 Å². The molecule has 0 saturated heterocycles. The van der Waals surface area contributed by atoms with E-state index in [9.17, 15) is 5.11 Å². The van der Waals surface area contributed by atoms with Crippen LogP contribution in [0.3, 0.4) is 0 Å². The highest BCUT2D eigenvalue weighted by molar-refractivity contribution is 5.82. The van der Waals surface area contributed by atoms with Gasteiger partial charge in [0.15, 0.2) is 0 Å². The molecule has 16 heavy (non-hydrogen) atoms. The first-order valence-electron chi connectivity index (χ1n) is 4.87. The van der Waals surface area contributed by atoms with Gasteiger partial charge in [0, 0.05) is 12.3 Å². The van der Waals surface area contributed by atoms with E-state index in [1.54, 1.807) is 12.3 Å². The van der Waals surface area contributed by atoms with Gasteiger partial charge in [0.2, 0.25) is 0 Å². The van der Waals surface area contributed by atoms with Crippen molar-refractivity contribution in [3.8, 4) is 11.5 Å². The Bertz CT molecular complexity index is 507. The number of hydrogen-bond donors (Lipinski definition) is 2. The fourth-order valence-corrected chi connectivity index (χ4v) is 1.30. The first kappa shape index (κ1) is 10.2. The summed E-state index contributed by atoms with van der Waals surface area (Å²) < 4.78 is 0. The summed E-state index contributed by atoms with van der Waals surface area (Å²) >= 11 is 0. The highest BCUT2D eigenvalue weighted by Gasteiger charge is 1.99. The summed E-state index contributed by atoms with van der Waals surface area (Å²) in [4.78, 5) is 4.13. The van der Waals surface area contributed by atoms with Crippen molar-refractivity contribution in [3.63, 3.8) is 0 Å². The molecule has 0 fully saturated rings. The molecule has 3 nitrogen and oxygen atoms in total. The molecule has 0 heterocycles. The lowest BCUT2D eigenvalue weighted by atomic mass is 10.2. The van der Waals surface area contributed by atoms with Crippen LogP contribution in [0.25, 0.3) is 0 Å². The Labute approximate surface area is 93.3 Å². The van der Waals surface area contributed by atoms with Crippen LogP contribution in [-0.2, 0) is 0 Å². The van der Waals surface area contributed by atoms with Crippen LogP contribution >= 0.6 is 0 Å². The van der Waals surface area contributed by atoms with Gasteiger partial charge in [-0.3, -0.25) is 4.99 Å². The monoisotopic (exact) mass is 213 g/mol. The number of phenols is 2. The average Bonchev–Trinajstić information content (AvgIpc) is 2.29. The minimum absolute atomic E-state index is 0.0242. The Hall–Kier alpha value is -2.29. The summed E-state index contributed by atoms with van der Waals surface area (Å²) in [5.74, 6) is -0.0108. The van der Waals surface area contributed by atoms with Crippen molar-refractivity contribution in [2.45, 2.75) is 0 Å². The van der Waals surface area contributed by atoms with Crippen LogP contribution in [0.2, 0.25) is 0 Å². The fourth-order valence-electron chi connectivity index (χ4n) is 1.30. The van der Waals surface area contributed by atoms with Crippen molar-refractivity contribution in [2.75, 3.05) is 0 Å². The molecule has 0 aliphatic carbocycles. The topological polar surface area (TPSA) is 52.8 Å². The molecule has 2 rings (SSSR count). The Morgan fingerprint density at radius 2 is 1.69 bits per heavy atom. The van der Waals surface area contributed by atoms with Crippen molar-refractivity contribution in [2.24, 2.45) is 4.99 Å². The largest absolute Gasteiger partial charge is 0.508 e. The van der Waals surface area contributed by atoms with Gasteiger partial charge < -0.3 is 10.2 Å². The van der Waals surface area contributed by atoms with Crippen molar-refractivity contribution < 1.29 is 10.2 Å². The molecule has 0 bridgehead atoms. The minimum Gasteiger partial charge on any atom is -0.508 e. The summed E-state index contributed by atoms with van der Waals surface area (Å²) in [7, 11) is 0. The van der Waals surface area contributed by atoms with Crippen molar-refractivity contribution in [1.29, 1.82) is 0 Å². The highest BCUT2D eigenvalue weighted by atomic mass is 16.3. The molecule has 3 heteroatoms. The number of aromatic hydroxyl groups is 2. The maximum Gasteiger partial charge on any atom is 0.144 e. The van der Waals surface area contributed by atoms with Crippen LogP contribution in [0.5, 0.6) is 11.5 Å². The molecule has 0 atom stereocenters. The quantitative estimate of drug-likeness (QED) is 0.753. The van der Waals surface area contributed by atoms with E-state index >= 15 is 0 Å². The van der Waals surface area contributed by atoms with Crippen molar-refractivity contribution in [1.82, 2.24) is 0 Å². The predicted molar refractivity (Wildman–Crippen MR) is 63.5 cm³/mol. The summed E-state index contributed by atoms with van der Waals surface area (Å²) in [6.45, 7) is 0. The molecule has 2 aromatic rings. The molecule has 0 aromatic heterocycles. The molecule has 0 radical (unpaired) electrons. The van der Waals surface area contributed by atoms with Crippen LogP contribution in [0.4, 0.5) is 5.69 Å².